The lowest BCUT2D eigenvalue weighted by molar-refractivity contribution is -0.127. The van der Waals surface area contributed by atoms with Gasteiger partial charge in [0.05, 0.1) is 16.5 Å². The van der Waals surface area contributed by atoms with Crippen molar-refractivity contribution in [2.45, 2.75) is 44.8 Å². The lowest BCUT2D eigenvalue weighted by Gasteiger charge is -2.17. The zero-order valence-electron chi connectivity index (χ0n) is 16.5. The van der Waals surface area contributed by atoms with Crippen molar-refractivity contribution in [1.82, 2.24) is 9.55 Å². The fourth-order valence-electron chi connectivity index (χ4n) is 3.82. The summed E-state index contributed by atoms with van der Waals surface area (Å²) in [5, 5.41) is 0.463. The van der Waals surface area contributed by atoms with E-state index in [0.717, 1.165) is 37.9 Å². The van der Waals surface area contributed by atoms with Crippen molar-refractivity contribution in [1.29, 1.82) is 0 Å². The van der Waals surface area contributed by atoms with E-state index in [1.54, 1.807) is 47.0 Å². The third kappa shape index (κ3) is 3.96. The molecule has 2 aromatic carbocycles. The molecular weight excluding hydrogens is 382 g/mol. The molecule has 3 aromatic rings. The molecule has 0 bridgehead atoms. The average molecular weight is 405 g/mol. The number of fused-ring (bicyclic) bond motifs is 2. The van der Waals surface area contributed by atoms with Crippen LogP contribution in [0.25, 0.3) is 10.9 Å². The molecule has 154 valence electrons. The smallest absolute Gasteiger partial charge is 0.339 e. The van der Waals surface area contributed by atoms with Crippen molar-refractivity contribution in [3.63, 3.8) is 0 Å². The van der Waals surface area contributed by atoms with Crippen LogP contribution in [0.3, 0.4) is 0 Å². The van der Waals surface area contributed by atoms with Gasteiger partial charge in [0.2, 0.25) is 6.10 Å². The SMILES string of the molecule is NC(=O)C(OC(=O)c1ccc2c(=O)n3c(nc2c1)CCCCCC3)c1ccccc1. The first-order valence-corrected chi connectivity index (χ1v) is 10.1. The number of rotatable bonds is 4. The molecule has 0 aliphatic carbocycles. The Kier molecular flexibility index (Phi) is 5.61. The Morgan fingerprint density at radius 3 is 2.57 bits per heavy atom. The van der Waals surface area contributed by atoms with Crippen LogP contribution < -0.4 is 11.3 Å². The molecule has 0 fully saturated rings. The first-order chi connectivity index (χ1) is 14.5. The van der Waals surface area contributed by atoms with E-state index in [1.165, 1.54) is 6.07 Å². The van der Waals surface area contributed by atoms with Crippen LogP contribution in [0, 0.1) is 0 Å². The van der Waals surface area contributed by atoms with E-state index < -0.39 is 18.0 Å². The van der Waals surface area contributed by atoms with Gasteiger partial charge in [-0.2, -0.15) is 0 Å². The van der Waals surface area contributed by atoms with Crippen LogP contribution in [0.1, 0.15) is 53.5 Å². The van der Waals surface area contributed by atoms with E-state index in [2.05, 4.69) is 4.98 Å². The number of carbonyl (C=O) groups is 2. The second-order valence-electron chi connectivity index (χ2n) is 7.48. The molecule has 7 nitrogen and oxygen atoms in total. The summed E-state index contributed by atoms with van der Waals surface area (Å²) < 4.78 is 7.14. The van der Waals surface area contributed by atoms with Gasteiger partial charge in [0.15, 0.2) is 0 Å². The van der Waals surface area contributed by atoms with Gasteiger partial charge in [-0.25, -0.2) is 9.78 Å². The minimum absolute atomic E-state index is 0.0869. The summed E-state index contributed by atoms with van der Waals surface area (Å²) >= 11 is 0. The van der Waals surface area contributed by atoms with Gasteiger partial charge in [-0.05, 0) is 31.0 Å². The van der Waals surface area contributed by atoms with E-state index in [-0.39, 0.29) is 11.1 Å². The molecule has 2 N–H and O–H groups in total. The Morgan fingerprint density at radius 1 is 1.03 bits per heavy atom. The number of nitrogens with zero attached hydrogens (tertiary/aromatic N) is 2. The number of ether oxygens (including phenoxy) is 1. The van der Waals surface area contributed by atoms with Gasteiger partial charge in [0, 0.05) is 18.5 Å². The summed E-state index contributed by atoms with van der Waals surface area (Å²) in [7, 11) is 0. The minimum Gasteiger partial charge on any atom is -0.444 e. The van der Waals surface area contributed by atoms with Gasteiger partial charge in [0.1, 0.15) is 5.82 Å². The number of carbonyl (C=O) groups excluding carboxylic acids is 2. The van der Waals surface area contributed by atoms with Crippen LogP contribution in [-0.4, -0.2) is 21.4 Å². The maximum absolute atomic E-state index is 12.9. The van der Waals surface area contributed by atoms with E-state index in [9.17, 15) is 14.4 Å². The Hall–Kier alpha value is -3.48. The number of nitrogens with two attached hydrogens (primary N) is 1. The Morgan fingerprint density at radius 2 is 1.80 bits per heavy atom. The number of amides is 1. The lowest BCUT2D eigenvalue weighted by Crippen LogP contribution is -2.27. The fraction of sp³-hybridized carbons (Fsp3) is 0.304. The molecule has 0 radical (unpaired) electrons. The van der Waals surface area contributed by atoms with Gasteiger partial charge in [-0.1, -0.05) is 43.2 Å². The molecule has 7 heteroatoms. The molecule has 2 heterocycles. The van der Waals surface area contributed by atoms with Crippen molar-refractivity contribution in [3.05, 3.63) is 75.8 Å². The third-order valence-corrected chi connectivity index (χ3v) is 5.39. The molecule has 30 heavy (non-hydrogen) atoms. The van der Waals surface area contributed by atoms with Crippen molar-refractivity contribution in [3.8, 4) is 0 Å². The molecule has 0 saturated heterocycles. The summed E-state index contributed by atoms with van der Waals surface area (Å²) in [5.74, 6) is -0.705. The monoisotopic (exact) mass is 405 g/mol. The molecule has 1 aliphatic rings. The van der Waals surface area contributed by atoms with Crippen LogP contribution in [0.5, 0.6) is 0 Å². The quantitative estimate of drug-likeness (QED) is 0.672. The largest absolute Gasteiger partial charge is 0.444 e. The predicted molar refractivity (Wildman–Crippen MR) is 112 cm³/mol. The molecule has 4 rings (SSSR count). The van der Waals surface area contributed by atoms with Gasteiger partial charge >= 0.3 is 5.97 Å². The number of primary amides is 1. The van der Waals surface area contributed by atoms with Gasteiger partial charge in [-0.15, -0.1) is 0 Å². The second kappa shape index (κ2) is 8.49. The molecule has 1 amide bonds. The van der Waals surface area contributed by atoms with Gasteiger partial charge < -0.3 is 10.5 Å². The van der Waals surface area contributed by atoms with E-state index in [4.69, 9.17) is 10.5 Å². The number of aryl methyl sites for hydroxylation is 1. The summed E-state index contributed by atoms with van der Waals surface area (Å²) in [6.45, 7) is 0.665. The predicted octanol–water partition coefficient (Wildman–Crippen LogP) is 2.90. The maximum atomic E-state index is 12.9. The molecule has 1 unspecified atom stereocenters. The first-order valence-electron chi connectivity index (χ1n) is 10.1. The van der Waals surface area contributed by atoms with Crippen molar-refractivity contribution in [2.75, 3.05) is 0 Å². The highest BCUT2D eigenvalue weighted by atomic mass is 16.5. The topological polar surface area (TPSA) is 104 Å². The highest BCUT2D eigenvalue weighted by molar-refractivity contribution is 5.95. The van der Waals surface area contributed by atoms with Crippen LogP contribution in [-0.2, 0) is 22.5 Å². The van der Waals surface area contributed by atoms with Crippen LogP contribution >= 0.6 is 0 Å². The van der Waals surface area contributed by atoms with Crippen LogP contribution in [0.4, 0.5) is 0 Å². The number of benzene rings is 2. The summed E-state index contributed by atoms with van der Waals surface area (Å²) in [4.78, 5) is 42.1. The summed E-state index contributed by atoms with van der Waals surface area (Å²) in [6, 6.07) is 13.3. The summed E-state index contributed by atoms with van der Waals surface area (Å²) in [5.41, 5.74) is 6.52. The molecule has 1 atom stereocenters. The zero-order chi connectivity index (χ0) is 21.1. The van der Waals surface area contributed by atoms with Crippen molar-refractivity contribution < 1.29 is 14.3 Å². The molecule has 1 aliphatic heterocycles. The Labute approximate surface area is 173 Å². The molecule has 0 spiro atoms. The lowest BCUT2D eigenvalue weighted by atomic mass is 10.1. The minimum atomic E-state index is -1.19. The van der Waals surface area contributed by atoms with E-state index in [1.807, 2.05) is 0 Å². The molecule has 1 aromatic heterocycles. The fourth-order valence-corrected chi connectivity index (χ4v) is 3.82. The summed E-state index contributed by atoms with van der Waals surface area (Å²) in [6.07, 6.45) is 3.71. The van der Waals surface area contributed by atoms with Gasteiger partial charge in [0.25, 0.3) is 11.5 Å². The Bertz CT molecular complexity index is 1150. The number of hydrogen-bond acceptors (Lipinski definition) is 5. The number of hydrogen-bond donors (Lipinski definition) is 1. The number of aromatic nitrogens is 2. The maximum Gasteiger partial charge on any atom is 0.339 e. The first kappa shape index (κ1) is 19.8. The second-order valence-corrected chi connectivity index (χ2v) is 7.48. The van der Waals surface area contributed by atoms with Gasteiger partial charge in [-0.3, -0.25) is 14.2 Å². The molecular formula is C23H23N3O4. The van der Waals surface area contributed by atoms with E-state index >= 15 is 0 Å². The molecule has 0 saturated carbocycles. The highest BCUT2D eigenvalue weighted by Crippen LogP contribution is 2.21. The zero-order valence-corrected chi connectivity index (χ0v) is 16.5. The Balaban J connectivity index is 1.67. The van der Waals surface area contributed by atoms with Crippen molar-refractivity contribution >= 4 is 22.8 Å². The number of esters is 1. The van der Waals surface area contributed by atoms with E-state index in [0.29, 0.717) is 23.0 Å². The van der Waals surface area contributed by atoms with Crippen molar-refractivity contribution in [2.24, 2.45) is 5.73 Å². The van der Waals surface area contributed by atoms with Crippen LogP contribution in [0.2, 0.25) is 0 Å². The standard InChI is InChI=1S/C23H23N3O4/c24-21(27)20(15-8-4-3-5-9-15)30-23(29)16-11-12-17-18(14-16)25-19-10-6-1-2-7-13-26(19)22(17)28/h3-5,8-9,11-12,14,20H,1-2,6-7,10,13H2,(H2,24,27). The normalized spacial score (nSPS) is 14.9. The van der Waals surface area contributed by atoms with Crippen LogP contribution in [0.15, 0.2) is 53.3 Å². The highest BCUT2D eigenvalue weighted by Gasteiger charge is 2.24. The average Bonchev–Trinajstić information content (AvgIpc) is 2.73. The third-order valence-electron chi connectivity index (χ3n) is 5.39.